The van der Waals surface area contributed by atoms with Gasteiger partial charge in [0.2, 0.25) is 6.79 Å². The maximum Gasteiger partial charge on any atom is 0.325 e. The highest BCUT2D eigenvalue weighted by Crippen LogP contribution is 2.41. The van der Waals surface area contributed by atoms with Gasteiger partial charge in [-0.2, -0.15) is 0 Å². The molecular weight excluding hydrogens is 302 g/mol. The van der Waals surface area contributed by atoms with Crippen molar-refractivity contribution in [1.82, 2.24) is 5.32 Å². The van der Waals surface area contributed by atoms with Crippen LogP contribution in [0.5, 0.6) is 11.5 Å². The van der Waals surface area contributed by atoms with Gasteiger partial charge in [0.25, 0.3) is 0 Å². The number of halogens is 1. The lowest BCUT2D eigenvalue weighted by Gasteiger charge is -2.15. The number of hydrogen-bond acceptors (Lipinski definition) is 4. The van der Waals surface area contributed by atoms with E-state index in [1.54, 1.807) is 12.1 Å². The van der Waals surface area contributed by atoms with E-state index >= 15 is 0 Å². The van der Waals surface area contributed by atoms with Gasteiger partial charge in [0, 0.05) is 0 Å². The Labute approximate surface area is 113 Å². The van der Waals surface area contributed by atoms with Gasteiger partial charge in [-0.3, -0.25) is 4.79 Å². The molecule has 2 rings (SSSR count). The number of carbonyl (C=O) groups is 1. The van der Waals surface area contributed by atoms with Crippen LogP contribution in [0.25, 0.3) is 0 Å². The van der Waals surface area contributed by atoms with E-state index in [1.165, 1.54) is 0 Å². The van der Waals surface area contributed by atoms with E-state index in [9.17, 15) is 9.90 Å². The van der Waals surface area contributed by atoms with Crippen LogP contribution in [0, 0.1) is 0 Å². The van der Waals surface area contributed by atoms with Crippen LogP contribution in [0.1, 0.15) is 24.9 Å². The summed E-state index contributed by atoms with van der Waals surface area (Å²) in [5.74, 6) is 0.288. The zero-order valence-corrected chi connectivity index (χ0v) is 11.5. The molecule has 1 unspecified atom stereocenters. The molecule has 6 heteroatoms. The number of fused-ring (bicyclic) bond motifs is 1. The molecule has 0 radical (unpaired) electrons. The molecule has 1 aromatic rings. The van der Waals surface area contributed by atoms with Crippen molar-refractivity contribution in [3.8, 4) is 11.5 Å². The molecule has 0 amide bonds. The first kappa shape index (κ1) is 13.2. The van der Waals surface area contributed by atoms with E-state index in [2.05, 4.69) is 21.2 Å². The molecule has 1 heterocycles. The number of ether oxygens (including phenoxy) is 2. The van der Waals surface area contributed by atoms with Crippen LogP contribution >= 0.6 is 15.9 Å². The second-order valence-corrected chi connectivity index (χ2v) is 4.82. The molecule has 1 aliphatic heterocycles. The number of aliphatic carboxylic acids is 1. The fraction of sp³-hybridized carbons (Fsp3) is 0.417. The minimum Gasteiger partial charge on any atom is -0.480 e. The Morgan fingerprint density at radius 3 is 3.00 bits per heavy atom. The molecule has 1 atom stereocenters. The third kappa shape index (κ3) is 2.59. The van der Waals surface area contributed by atoms with E-state index in [1.807, 2.05) is 6.92 Å². The second kappa shape index (κ2) is 5.58. The minimum absolute atomic E-state index is 0.164. The molecular formula is C12H14BrNO4. The SMILES string of the molecule is CCCNC(C(=O)O)c1cc(Br)c2c(c1)OCO2. The van der Waals surface area contributed by atoms with E-state index in [0.717, 1.165) is 6.42 Å². The normalized spacial score (nSPS) is 14.6. The predicted molar refractivity (Wildman–Crippen MR) is 68.9 cm³/mol. The summed E-state index contributed by atoms with van der Waals surface area (Å²) in [5.41, 5.74) is 0.645. The first-order valence-electron chi connectivity index (χ1n) is 5.68. The van der Waals surface area contributed by atoms with Gasteiger partial charge in [0.05, 0.1) is 4.47 Å². The van der Waals surface area contributed by atoms with Crippen molar-refractivity contribution in [1.29, 1.82) is 0 Å². The number of carboxylic acid groups (broad SMARTS) is 1. The molecule has 0 aromatic heterocycles. The Morgan fingerprint density at radius 1 is 1.56 bits per heavy atom. The van der Waals surface area contributed by atoms with Gasteiger partial charge in [0.1, 0.15) is 6.04 Å². The zero-order valence-electron chi connectivity index (χ0n) is 9.90. The van der Waals surface area contributed by atoms with Crippen LogP contribution < -0.4 is 14.8 Å². The van der Waals surface area contributed by atoms with Crippen molar-refractivity contribution in [3.63, 3.8) is 0 Å². The Hall–Kier alpha value is -1.27. The average Bonchev–Trinajstić information content (AvgIpc) is 2.78. The molecule has 5 nitrogen and oxygen atoms in total. The van der Waals surface area contributed by atoms with Crippen LogP contribution in [0.3, 0.4) is 0 Å². The van der Waals surface area contributed by atoms with Crippen molar-refractivity contribution in [2.75, 3.05) is 13.3 Å². The average molecular weight is 316 g/mol. The fourth-order valence-corrected chi connectivity index (χ4v) is 2.36. The highest BCUT2D eigenvalue weighted by atomic mass is 79.9. The summed E-state index contributed by atoms with van der Waals surface area (Å²) in [6.07, 6.45) is 0.871. The molecule has 0 fully saturated rings. The van der Waals surface area contributed by atoms with Gasteiger partial charge in [-0.1, -0.05) is 6.92 Å². The van der Waals surface area contributed by atoms with Crippen LogP contribution in [-0.4, -0.2) is 24.4 Å². The summed E-state index contributed by atoms with van der Waals surface area (Å²) in [5, 5.41) is 12.2. The molecule has 0 spiro atoms. The lowest BCUT2D eigenvalue weighted by Crippen LogP contribution is -2.29. The lowest BCUT2D eigenvalue weighted by atomic mass is 10.1. The largest absolute Gasteiger partial charge is 0.480 e. The summed E-state index contributed by atoms with van der Waals surface area (Å²) < 4.78 is 11.3. The van der Waals surface area contributed by atoms with Gasteiger partial charge in [-0.25, -0.2) is 0 Å². The standard InChI is InChI=1S/C12H14BrNO4/c1-2-3-14-10(12(15)16)7-4-8(13)11-9(5-7)17-6-18-11/h4-5,10,14H,2-3,6H2,1H3,(H,15,16). The molecule has 0 saturated heterocycles. The summed E-state index contributed by atoms with van der Waals surface area (Å²) >= 11 is 3.36. The Morgan fingerprint density at radius 2 is 2.33 bits per heavy atom. The second-order valence-electron chi connectivity index (χ2n) is 3.96. The summed E-state index contributed by atoms with van der Waals surface area (Å²) in [4.78, 5) is 11.3. The van der Waals surface area contributed by atoms with Crippen molar-refractivity contribution >= 4 is 21.9 Å². The number of rotatable bonds is 5. The summed E-state index contributed by atoms with van der Waals surface area (Å²) in [6.45, 7) is 2.79. The van der Waals surface area contributed by atoms with Crippen LogP contribution in [0.2, 0.25) is 0 Å². The quantitative estimate of drug-likeness (QED) is 0.872. The fourth-order valence-electron chi connectivity index (χ4n) is 1.79. The van der Waals surface area contributed by atoms with E-state index in [-0.39, 0.29) is 6.79 Å². The maximum absolute atomic E-state index is 11.3. The lowest BCUT2D eigenvalue weighted by molar-refractivity contribution is -0.139. The van der Waals surface area contributed by atoms with Gasteiger partial charge >= 0.3 is 5.97 Å². The molecule has 98 valence electrons. The number of nitrogens with one attached hydrogen (secondary N) is 1. The van der Waals surface area contributed by atoms with Gasteiger partial charge in [-0.15, -0.1) is 0 Å². The third-order valence-electron chi connectivity index (χ3n) is 2.63. The van der Waals surface area contributed by atoms with Gasteiger partial charge in [0.15, 0.2) is 11.5 Å². The predicted octanol–water partition coefficient (Wildman–Crippen LogP) is 2.30. The topological polar surface area (TPSA) is 67.8 Å². The van der Waals surface area contributed by atoms with Gasteiger partial charge < -0.3 is 19.9 Å². The van der Waals surface area contributed by atoms with Crippen molar-refractivity contribution < 1.29 is 19.4 Å². The Bertz CT molecular complexity index is 464. The monoisotopic (exact) mass is 315 g/mol. The molecule has 0 aliphatic carbocycles. The molecule has 1 aliphatic rings. The zero-order chi connectivity index (χ0) is 13.1. The van der Waals surface area contributed by atoms with Crippen molar-refractivity contribution in [3.05, 3.63) is 22.2 Å². The summed E-state index contributed by atoms with van der Waals surface area (Å²) in [6, 6.07) is 2.71. The van der Waals surface area contributed by atoms with E-state index in [0.29, 0.717) is 28.1 Å². The number of benzene rings is 1. The Balaban J connectivity index is 2.30. The van der Waals surface area contributed by atoms with Crippen LogP contribution in [-0.2, 0) is 4.79 Å². The van der Waals surface area contributed by atoms with Gasteiger partial charge in [-0.05, 0) is 46.6 Å². The molecule has 2 N–H and O–H groups in total. The summed E-state index contributed by atoms with van der Waals surface area (Å²) in [7, 11) is 0. The smallest absolute Gasteiger partial charge is 0.325 e. The maximum atomic E-state index is 11.3. The van der Waals surface area contributed by atoms with Crippen molar-refractivity contribution in [2.45, 2.75) is 19.4 Å². The number of carboxylic acids is 1. The molecule has 0 bridgehead atoms. The molecule has 1 aromatic carbocycles. The van der Waals surface area contributed by atoms with E-state index < -0.39 is 12.0 Å². The highest BCUT2D eigenvalue weighted by molar-refractivity contribution is 9.10. The van der Waals surface area contributed by atoms with Crippen LogP contribution in [0.15, 0.2) is 16.6 Å². The Kier molecular flexibility index (Phi) is 4.08. The first-order valence-corrected chi connectivity index (χ1v) is 6.48. The molecule has 0 saturated carbocycles. The molecule has 18 heavy (non-hydrogen) atoms. The first-order chi connectivity index (χ1) is 8.63. The minimum atomic E-state index is -0.908. The number of hydrogen-bond donors (Lipinski definition) is 2. The third-order valence-corrected chi connectivity index (χ3v) is 3.22. The van der Waals surface area contributed by atoms with Crippen molar-refractivity contribution in [2.24, 2.45) is 0 Å². The highest BCUT2D eigenvalue weighted by Gasteiger charge is 2.24. The van der Waals surface area contributed by atoms with Crippen LogP contribution in [0.4, 0.5) is 0 Å². The van der Waals surface area contributed by atoms with E-state index in [4.69, 9.17) is 9.47 Å².